The predicted octanol–water partition coefficient (Wildman–Crippen LogP) is 1.47. The van der Waals surface area contributed by atoms with Crippen LogP contribution in [0.15, 0.2) is 12.3 Å². The molecule has 4 nitrogen and oxygen atoms in total. The molecule has 0 saturated heterocycles. The van der Waals surface area contributed by atoms with Gasteiger partial charge in [-0.15, -0.1) is 0 Å². The molecule has 0 saturated carbocycles. The lowest BCUT2D eigenvalue weighted by atomic mass is 10.1. The zero-order valence-electron chi connectivity index (χ0n) is 6.92. The van der Waals surface area contributed by atoms with Crippen LogP contribution in [0.25, 0.3) is 0 Å². The van der Waals surface area contributed by atoms with Gasteiger partial charge in [-0.3, -0.25) is 4.79 Å². The highest BCUT2D eigenvalue weighted by Crippen LogP contribution is 2.48. The van der Waals surface area contributed by atoms with Crippen molar-refractivity contribution < 1.29 is 9.90 Å². The number of hydrogen-bond acceptors (Lipinski definition) is 3. The van der Waals surface area contributed by atoms with E-state index in [9.17, 15) is 4.79 Å². The number of hydrogen-bond donors (Lipinski definition) is 2. The Bertz CT molecular complexity index is 406. The lowest BCUT2D eigenvalue weighted by molar-refractivity contribution is -0.115. The van der Waals surface area contributed by atoms with Gasteiger partial charge in [0.05, 0.1) is 6.61 Å². The van der Waals surface area contributed by atoms with E-state index in [2.05, 4.69) is 42.2 Å². The first-order valence-corrected chi connectivity index (χ1v) is 5.44. The van der Waals surface area contributed by atoms with Crippen LogP contribution in [-0.4, -0.2) is 16.0 Å². The lowest BCUT2D eigenvalue weighted by Crippen LogP contribution is -2.21. The molecule has 1 aliphatic rings. The Kier molecular flexibility index (Phi) is 2.36. The Labute approximate surface area is 97.0 Å². The van der Waals surface area contributed by atoms with Crippen LogP contribution in [0.5, 0.6) is 0 Å². The van der Waals surface area contributed by atoms with E-state index in [1.807, 2.05) is 0 Å². The minimum Gasteiger partial charge on any atom is -0.392 e. The highest BCUT2D eigenvalue weighted by Gasteiger charge is 2.44. The molecule has 1 amide bonds. The Morgan fingerprint density at radius 1 is 1.57 bits per heavy atom. The van der Waals surface area contributed by atoms with Gasteiger partial charge < -0.3 is 10.4 Å². The molecule has 0 unspecified atom stereocenters. The molecular formula is C8H6Br2N2O2. The van der Waals surface area contributed by atoms with Gasteiger partial charge in [0.2, 0.25) is 0 Å². The van der Waals surface area contributed by atoms with Crippen molar-refractivity contribution in [1.82, 2.24) is 4.98 Å². The number of aliphatic hydroxyl groups is 1. The summed E-state index contributed by atoms with van der Waals surface area (Å²) in [4.78, 5) is 15.5. The summed E-state index contributed by atoms with van der Waals surface area (Å²) in [5.41, 5.74) is 1.31. The van der Waals surface area contributed by atoms with Crippen molar-refractivity contribution in [1.29, 1.82) is 0 Å². The van der Waals surface area contributed by atoms with Gasteiger partial charge >= 0.3 is 0 Å². The van der Waals surface area contributed by atoms with Crippen molar-refractivity contribution in [3.8, 4) is 0 Å². The van der Waals surface area contributed by atoms with Crippen LogP contribution < -0.4 is 5.32 Å². The highest BCUT2D eigenvalue weighted by molar-refractivity contribution is 9.25. The van der Waals surface area contributed by atoms with Gasteiger partial charge in [0.25, 0.3) is 5.91 Å². The minimum atomic E-state index is -0.971. The minimum absolute atomic E-state index is 0.126. The largest absolute Gasteiger partial charge is 0.392 e. The molecule has 0 atom stereocenters. The standard InChI is InChI=1S/C8H6Br2N2O2/c9-8(10)5-4(3-13)1-2-11-6(5)12-7(8)14/h1-2,13H,3H2,(H,11,12,14). The quantitative estimate of drug-likeness (QED) is 0.770. The maximum atomic E-state index is 11.5. The summed E-state index contributed by atoms with van der Waals surface area (Å²) < 4.78 is -0.971. The second-order valence-electron chi connectivity index (χ2n) is 2.88. The third kappa shape index (κ3) is 1.29. The molecule has 0 aromatic carbocycles. The molecule has 2 N–H and O–H groups in total. The number of pyridine rings is 1. The van der Waals surface area contributed by atoms with Crippen LogP contribution in [0, 0.1) is 0 Å². The average Bonchev–Trinajstić information content (AvgIpc) is 2.38. The van der Waals surface area contributed by atoms with Gasteiger partial charge in [0.15, 0.2) is 3.23 Å². The molecule has 0 fully saturated rings. The van der Waals surface area contributed by atoms with Gasteiger partial charge in [-0.2, -0.15) is 0 Å². The van der Waals surface area contributed by atoms with Crippen LogP contribution in [-0.2, 0) is 14.6 Å². The predicted molar refractivity (Wildman–Crippen MR) is 58.3 cm³/mol. The highest BCUT2D eigenvalue weighted by atomic mass is 79.9. The number of halogens is 2. The Balaban J connectivity index is 2.66. The summed E-state index contributed by atoms with van der Waals surface area (Å²) in [6.07, 6.45) is 1.55. The van der Waals surface area contributed by atoms with E-state index in [1.165, 1.54) is 0 Å². The molecule has 1 aromatic rings. The number of nitrogens with zero attached hydrogens (tertiary/aromatic N) is 1. The maximum Gasteiger partial charge on any atom is 0.258 e. The van der Waals surface area contributed by atoms with E-state index < -0.39 is 3.23 Å². The normalized spacial score (nSPS) is 17.8. The number of fused-ring (bicyclic) bond motifs is 1. The van der Waals surface area contributed by atoms with Crippen LogP contribution in [0.1, 0.15) is 11.1 Å². The number of aromatic nitrogens is 1. The fourth-order valence-corrected chi connectivity index (χ4v) is 2.46. The molecule has 0 bridgehead atoms. The first-order chi connectivity index (χ1) is 6.57. The molecule has 14 heavy (non-hydrogen) atoms. The summed E-state index contributed by atoms with van der Waals surface area (Å²) in [5.74, 6) is 0.246. The topological polar surface area (TPSA) is 62.2 Å². The SMILES string of the molecule is O=C1Nc2nccc(CO)c2C1(Br)Br. The number of nitrogens with one attached hydrogen (secondary N) is 1. The zero-order chi connectivity index (χ0) is 10.3. The van der Waals surface area contributed by atoms with Crippen molar-refractivity contribution in [3.05, 3.63) is 23.4 Å². The van der Waals surface area contributed by atoms with Crippen molar-refractivity contribution in [2.24, 2.45) is 0 Å². The molecule has 74 valence electrons. The third-order valence-corrected chi connectivity index (χ3v) is 3.55. The smallest absolute Gasteiger partial charge is 0.258 e. The summed E-state index contributed by atoms with van der Waals surface area (Å²) in [7, 11) is 0. The summed E-state index contributed by atoms with van der Waals surface area (Å²) >= 11 is 6.50. The van der Waals surface area contributed by atoms with Crippen LogP contribution in [0.2, 0.25) is 0 Å². The monoisotopic (exact) mass is 320 g/mol. The van der Waals surface area contributed by atoms with E-state index in [0.717, 1.165) is 0 Å². The number of amides is 1. The number of carbonyl (C=O) groups is 1. The Morgan fingerprint density at radius 3 is 2.93 bits per heavy atom. The van der Waals surface area contributed by atoms with Crippen molar-refractivity contribution in [2.45, 2.75) is 9.84 Å². The number of carbonyl (C=O) groups excluding carboxylic acids is 1. The van der Waals surface area contributed by atoms with Gasteiger partial charge in [-0.1, -0.05) is 31.9 Å². The average molecular weight is 322 g/mol. The molecule has 6 heteroatoms. The first kappa shape index (κ1) is 10.1. The van der Waals surface area contributed by atoms with Gasteiger partial charge in [0.1, 0.15) is 5.82 Å². The second kappa shape index (κ2) is 3.29. The van der Waals surface area contributed by atoms with Gasteiger partial charge in [-0.05, 0) is 11.6 Å². The number of aliphatic hydroxyl groups excluding tert-OH is 1. The summed E-state index contributed by atoms with van der Waals surface area (Å²) in [5, 5.41) is 11.7. The third-order valence-electron chi connectivity index (χ3n) is 2.04. The molecule has 1 aliphatic heterocycles. The summed E-state index contributed by atoms with van der Waals surface area (Å²) in [6.45, 7) is -0.126. The summed E-state index contributed by atoms with van der Waals surface area (Å²) in [6, 6.07) is 1.68. The van der Waals surface area contributed by atoms with E-state index in [0.29, 0.717) is 16.9 Å². The van der Waals surface area contributed by atoms with Crippen LogP contribution in [0.4, 0.5) is 5.82 Å². The van der Waals surface area contributed by atoms with Crippen LogP contribution in [0.3, 0.4) is 0 Å². The molecule has 1 aromatic heterocycles. The van der Waals surface area contributed by atoms with Crippen molar-refractivity contribution in [2.75, 3.05) is 5.32 Å². The van der Waals surface area contributed by atoms with E-state index in [-0.39, 0.29) is 12.5 Å². The fourth-order valence-electron chi connectivity index (χ4n) is 1.38. The molecule has 0 spiro atoms. The number of anilines is 1. The first-order valence-electron chi connectivity index (χ1n) is 3.86. The maximum absolute atomic E-state index is 11.5. The fraction of sp³-hybridized carbons (Fsp3) is 0.250. The Hall–Kier alpha value is -0.460. The lowest BCUT2D eigenvalue weighted by Gasteiger charge is -2.13. The van der Waals surface area contributed by atoms with Crippen molar-refractivity contribution in [3.63, 3.8) is 0 Å². The molecule has 2 heterocycles. The van der Waals surface area contributed by atoms with Crippen LogP contribution >= 0.6 is 31.9 Å². The molecule has 0 aliphatic carbocycles. The molecule has 0 radical (unpaired) electrons. The number of rotatable bonds is 1. The van der Waals surface area contributed by atoms with Gasteiger partial charge in [0, 0.05) is 11.8 Å². The Morgan fingerprint density at radius 2 is 2.29 bits per heavy atom. The van der Waals surface area contributed by atoms with E-state index in [4.69, 9.17) is 5.11 Å². The van der Waals surface area contributed by atoms with E-state index in [1.54, 1.807) is 12.3 Å². The van der Waals surface area contributed by atoms with Crippen molar-refractivity contribution >= 4 is 43.6 Å². The molecule has 2 rings (SSSR count). The zero-order valence-corrected chi connectivity index (χ0v) is 10.1. The number of alkyl halides is 2. The molecular weight excluding hydrogens is 316 g/mol. The second-order valence-corrected chi connectivity index (χ2v) is 6.32. The van der Waals surface area contributed by atoms with E-state index >= 15 is 0 Å². The van der Waals surface area contributed by atoms with Gasteiger partial charge in [-0.25, -0.2) is 4.98 Å².